The molecule has 0 spiro atoms. The van der Waals surface area contributed by atoms with Crippen LogP contribution in [0.1, 0.15) is 39.3 Å². The molecule has 0 unspecified atom stereocenters. The third-order valence-corrected chi connectivity index (χ3v) is 12.3. The van der Waals surface area contributed by atoms with Crippen molar-refractivity contribution >= 4 is 50.6 Å². The molecular weight excluding hydrogens is 805 g/mol. The van der Waals surface area contributed by atoms with Gasteiger partial charge in [0.15, 0.2) is 0 Å². The molecule has 5 nitrogen and oxygen atoms in total. The van der Waals surface area contributed by atoms with Gasteiger partial charge in [-0.1, -0.05) is 23.1 Å². The van der Waals surface area contributed by atoms with E-state index in [2.05, 4.69) is 91.0 Å². The van der Waals surface area contributed by atoms with Crippen LogP contribution in [-0.2, 0) is 26.5 Å². The number of imidazole rings is 1. The van der Waals surface area contributed by atoms with E-state index in [-0.39, 0.29) is 26.1 Å². The number of aromatic nitrogens is 4. The Morgan fingerprint density at radius 3 is 2.37 bits per heavy atom. The molecule has 0 bridgehead atoms. The Morgan fingerprint density at radius 1 is 0.870 bits per heavy atom. The zero-order valence-corrected chi connectivity index (χ0v) is 32.0. The van der Waals surface area contributed by atoms with Gasteiger partial charge in [0.1, 0.15) is 5.58 Å². The molecule has 0 aliphatic rings. The minimum absolute atomic E-state index is 0. The Morgan fingerprint density at radius 2 is 1.65 bits per heavy atom. The fourth-order valence-corrected chi connectivity index (χ4v) is 9.32. The van der Waals surface area contributed by atoms with E-state index < -0.39 is 13.3 Å². The fourth-order valence-electron chi connectivity index (χ4n) is 5.99. The molecule has 0 fully saturated rings. The number of furan rings is 1. The third-order valence-electron chi connectivity index (χ3n) is 7.98. The molecule has 4 heterocycles. The first-order chi connectivity index (χ1) is 21.6. The molecule has 0 saturated carbocycles. The van der Waals surface area contributed by atoms with Crippen molar-refractivity contribution < 1.29 is 24.5 Å². The second-order valence-corrected chi connectivity index (χ2v) is 23.9. The molecule has 7 heteroatoms. The van der Waals surface area contributed by atoms with E-state index in [1.807, 2.05) is 54.6 Å². The molecular formula is C39H40GeIrN4O-2. The molecule has 0 amide bonds. The van der Waals surface area contributed by atoms with Crippen LogP contribution in [0.25, 0.3) is 55.6 Å². The van der Waals surface area contributed by atoms with Crippen LogP contribution < -0.4 is 4.40 Å². The Kier molecular flexibility index (Phi) is 10.3. The number of hydrogen-bond donors (Lipinski definition) is 0. The predicted molar refractivity (Wildman–Crippen MR) is 189 cm³/mol. The molecule has 7 aromatic rings. The van der Waals surface area contributed by atoms with Gasteiger partial charge in [-0.25, -0.2) is 0 Å². The SMILES string of the molecule is CC(C)Cc1cc(-c2[c-]cccc2)nc[c]1[Ge]([CH3])([CH3])[CH3].CC(C)n1c(-c2[c-]ccc3c2oc2cnccc23)nc2ccccc21.[Ir]. The number of benzene rings is 3. The quantitative estimate of drug-likeness (QED) is 0.124. The molecule has 3 aromatic carbocycles. The standard InChI is InChI=1S/C21H16N3O.C18H24GeN.Ir/c1-13(2)24-18-9-4-3-8-17(18)23-21(24)16-7-5-6-15-14-10-11-22-12-19(14)25-20(15)16;1-14(2)11-16-12-18(15-9-7-6-8-10-15)20-13-17(16)19(3,4)5;/h3-6,8-13H,1-2H3;6-9,12-14H,11H2,1-5H3;/q2*-1;. The van der Waals surface area contributed by atoms with Gasteiger partial charge < -0.3 is 8.98 Å². The number of rotatable bonds is 6. The molecule has 237 valence electrons. The van der Waals surface area contributed by atoms with Crippen molar-refractivity contribution in [3.63, 3.8) is 0 Å². The molecule has 0 saturated heterocycles. The van der Waals surface area contributed by atoms with Crippen molar-refractivity contribution in [2.24, 2.45) is 5.92 Å². The topological polar surface area (TPSA) is 56.7 Å². The van der Waals surface area contributed by atoms with Gasteiger partial charge in [0.2, 0.25) is 0 Å². The number of hydrogen-bond acceptors (Lipinski definition) is 4. The second kappa shape index (κ2) is 14.0. The van der Waals surface area contributed by atoms with Crippen LogP contribution in [0.5, 0.6) is 0 Å². The van der Waals surface area contributed by atoms with E-state index in [0.717, 1.165) is 62.0 Å². The van der Waals surface area contributed by atoms with E-state index in [0.29, 0.717) is 5.92 Å². The van der Waals surface area contributed by atoms with E-state index in [9.17, 15) is 0 Å². The average molecular weight is 846 g/mol. The van der Waals surface area contributed by atoms with Gasteiger partial charge in [-0.3, -0.25) is 9.97 Å². The molecule has 4 aromatic heterocycles. The Balaban J connectivity index is 0.000000182. The van der Waals surface area contributed by atoms with Crippen molar-refractivity contribution in [1.82, 2.24) is 19.5 Å². The Hall–Kier alpha value is -3.58. The van der Waals surface area contributed by atoms with Gasteiger partial charge >= 0.3 is 126 Å². The summed E-state index contributed by atoms with van der Waals surface area (Å²) in [4.78, 5) is 13.7. The van der Waals surface area contributed by atoms with E-state index >= 15 is 0 Å². The molecule has 0 aliphatic heterocycles. The van der Waals surface area contributed by atoms with Crippen LogP contribution in [-0.4, -0.2) is 32.8 Å². The van der Waals surface area contributed by atoms with Gasteiger partial charge in [-0.2, -0.15) is 0 Å². The normalized spacial score (nSPS) is 11.7. The van der Waals surface area contributed by atoms with Crippen molar-refractivity contribution in [1.29, 1.82) is 0 Å². The van der Waals surface area contributed by atoms with Crippen molar-refractivity contribution in [2.75, 3.05) is 0 Å². The zero-order valence-electron chi connectivity index (χ0n) is 27.6. The summed E-state index contributed by atoms with van der Waals surface area (Å²) in [7, 11) is 0. The van der Waals surface area contributed by atoms with Crippen molar-refractivity contribution in [2.45, 2.75) is 57.4 Å². The number of pyridine rings is 2. The third kappa shape index (κ3) is 6.90. The summed E-state index contributed by atoms with van der Waals surface area (Å²) in [5.41, 5.74) is 8.22. The number of para-hydroxylation sites is 2. The predicted octanol–water partition coefficient (Wildman–Crippen LogP) is 9.67. The summed E-state index contributed by atoms with van der Waals surface area (Å²) in [5, 5.41) is 2.13. The van der Waals surface area contributed by atoms with Gasteiger partial charge in [-0.15, -0.1) is 18.2 Å². The van der Waals surface area contributed by atoms with Gasteiger partial charge in [0.05, 0.1) is 28.6 Å². The van der Waals surface area contributed by atoms with Crippen LogP contribution in [0.15, 0.2) is 95.8 Å². The van der Waals surface area contributed by atoms with Crippen LogP contribution in [0.3, 0.4) is 0 Å². The largest absolute Gasteiger partial charge is 0.499 e. The first kappa shape index (κ1) is 33.8. The Labute approximate surface area is 288 Å². The fraction of sp³-hybridized carbons (Fsp3) is 0.256. The minimum Gasteiger partial charge on any atom is -0.499 e. The average Bonchev–Trinajstić information content (AvgIpc) is 3.60. The summed E-state index contributed by atoms with van der Waals surface area (Å²) in [6, 6.07) is 31.4. The molecule has 0 N–H and O–H groups in total. The maximum Gasteiger partial charge on any atom is 0.139 e. The molecule has 0 aliphatic carbocycles. The van der Waals surface area contributed by atoms with Crippen LogP contribution in [0.2, 0.25) is 17.3 Å². The smallest absolute Gasteiger partial charge is 0.139 e. The summed E-state index contributed by atoms with van der Waals surface area (Å²) < 4.78 is 9.90. The molecule has 46 heavy (non-hydrogen) atoms. The maximum absolute atomic E-state index is 6.12. The number of nitrogens with zero attached hydrogens (tertiary/aromatic N) is 4. The number of fused-ring (bicyclic) bond motifs is 4. The van der Waals surface area contributed by atoms with Crippen molar-refractivity contribution in [3.8, 4) is 22.6 Å². The van der Waals surface area contributed by atoms with Crippen LogP contribution in [0.4, 0.5) is 0 Å². The van der Waals surface area contributed by atoms with Gasteiger partial charge in [0.25, 0.3) is 0 Å². The van der Waals surface area contributed by atoms with Crippen molar-refractivity contribution in [3.05, 3.63) is 109 Å². The summed E-state index contributed by atoms with van der Waals surface area (Å²) in [5.74, 6) is 8.88. The molecule has 1 radical (unpaired) electrons. The van der Waals surface area contributed by atoms with E-state index in [1.54, 1.807) is 16.8 Å². The summed E-state index contributed by atoms with van der Waals surface area (Å²) in [6.45, 7) is 8.91. The summed E-state index contributed by atoms with van der Waals surface area (Å²) >= 11 is -1.86. The Bertz CT molecular complexity index is 2090. The monoisotopic (exact) mass is 847 g/mol. The maximum atomic E-state index is 6.12. The molecule has 7 rings (SSSR count). The van der Waals surface area contributed by atoms with Gasteiger partial charge in [0, 0.05) is 37.7 Å². The first-order valence-corrected chi connectivity index (χ1v) is 23.1. The second-order valence-electron chi connectivity index (χ2n) is 13.3. The minimum atomic E-state index is -1.86. The summed E-state index contributed by atoms with van der Waals surface area (Å²) in [6.07, 6.45) is 6.82. The van der Waals surface area contributed by atoms with E-state index in [4.69, 9.17) is 14.4 Å². The van der Waals surface area contributed by atoms with Gasteiger partial charge in [-0.05, 0) is 32.0 Å². The first-order valence-electron chi connectivity index (χ1n) is 15.7. The molecule has 0 atom stereocenters. The van der Waals surface area contributed by atoms with E-state index in [1.165, 1.54) is 5.56 Å². The van der Waals surface area contributed by atoms with Crippen LogP contribution >= 0.6 is 0 Å². The zero-order chi connectivity index (χ0) is 31.7. The van der Waals surface area contributed by atoms with Crippen LogP contribution in [0, 0.1) is 18.1 Å².